The number of unbranched alkanes of at least 4 members (excludes halogenated alkanes) is 1. The third kappa shape index (κ3) is 2.26. The van der Waals surface area contributed by atoms with E-state index < -0.39 is 0 Å². The van der Waals surface area contributed by atoms with E-state index in [1.54, 1.807) is 0 Å². The molecular weight excluding hydrogens is 146 g/mol. The molecule has 1 aromatic rings. The Morgan fingerprint density at radius 2 is 2.08 bits per heavy atom. The molecule has 66 valence electrons. The second kappa shape index (κ2) is 4.15. The molecule has 0 bridgehead atoms. The predicted octanol–water partition coefficient (Wildman–Crippen LogP) is 2.92. The molecule has 0 aromatic heterocycles. The van der Waals surface area contributed by atoms with Gasteiger partial charge in [-0.3, -0.25) is 0 Å². The largest absolute Gasteiger partial charge is 0.399 e. The summed E-state index contributed by atoms with van der Waals surface area (Å²) in [7, 11) is 0. The summed E-state index contributed by atoms with van der Waals surface area (Å²) in [4.78, 5) is 0. The van der Waals surface area contributed by atoms with Gasteiger partial charge in [0.05, 0.1) is 0 Å². The zero-order valence-corrected chi connectivity index (χ0v) is 7.93. The minimum Gasteiger partial charge on any atom is -0.399 e. The molecule has 0 saturated carbocycles. The molecule has 0 radical (unpaired) electrons. The Labute approximate surface area is 74.6 Å². The highest BCUT2D eigenvalue weighted by Crippen LogP contribution is 2.14. The molecule has 0 atom stereocenters. The van der Waals surface area contributed by atoms with Gasteiger partial charge in [-0.05, 0) is 37.0 Å². The van der Waals surface area contributed by atoms with Crippen molar-refractivity contribution in [2.24, 2.45) is 0 Å². The fourth-order valence-corrected chi connectivity index (χ4v) is 1.27. The summed E-state index contributed by atoms with van der Waals surface area (Å²) in [6.07, 6.45) is 3.70. The summed E-state index contributed by atoms with van der Waals surface area (Å²) in [6.45, 7) is 4.27. The van der Waals surface area contributed by atoms with Crippen LogP contribution in [0.25, 0.3) is 0 Å². The third-order valence-electron chi connectivity index (χ3n) is 2.15. The number of hydrogen-bond donors (Lipinski definition) is 1. The fraction of sp³-hybridized carbons (Fsp3) is 0.455. The number of nitrogen functional groups attached to an aromatic ring is 1. The van der Waals surface area contributed by atoms with Gasteiger partial charge in [0.15, 0.2) is 0 Å². The maximum Gasteiger partial charge on any atom is 0.0343 e. The predicted molar refractivity (Wildman–Crippen MR) is 54.2 cm³/mol. The Hall–Kier alpha value is -0.980. The van der Waals surface area contributed by atoms with Crippen LogP contribution in [-0.2, 0) is 6.42 Å². The lowest BCUT2D eigenvalue weighted by Crippen LogP contribution is -1.91. The minimum absolute atomic E-state index is 0.898. The van der Waals surface area contributed by atoms with Crippen molar-refractivity contribution in [3.8, 4) is 0 Å². The van der Waals surface area contributed by atoms with Crippen molar-refractivity contribution in [1.29, 1.82) is 0 Å². The Morgan fingerprint density at radius 1 is 1.33 bits per heavy atom. The highest BCUT2D eigenvalue weighted by Gasteiger charge is 1.95. The molecule has 0 unspecified atom stereocenters. The number of benzene rings is 1. The SMILES string of the molecule is CCCCc1ccc(N)c(C)c1. The molecule has 2 N–H and O–H groups in total. The molecule has 12 heavy (non-hydrogen) atoms. The average Bonchev–Trinajstić information content (AvgIpc) is 2.07. The van der Waals surface area contributed by atoms with Gasteiger partial charge in [0.1, 0.15) is 0 Å². The lowest BCUT2D eigenvalue weighted by atomic mass is 10.1. The number of hydrogen-bond acceptors (Lipinski definition) is 1. The van der Waals surface area contributed by atoms with Crippen molar-refractivity contribution in [3.05, 3.63) is 29.3 Å². The normalized spacial score (nSPS) is 10.2. The van der Waals surface area contributed by atoms with Gasteiger partial charge in [0.2, 0.25) is 0 Å². The van der Waals surface area contributed by atoms with Gasteiger partial charge < -0.3 is 5.73 Å². The van der Waals surface area contributed by atoms with Gasteiger partial charge >= 0.3 is 0 Å². The van der Waals surface area contributed by atoms with Crippen molar-refractivity contribution in [1.82, 2.24) is 0 Å². The molecule has 0 aliphatic rings. The summed E-state index contributed by atoms with van der Waals surface area (Å²) in [5.74, 6) is 0. The minimum atomic E-state index is 0.898. The van der Waals surface area contributed by atoms with E-state index in [1.165, 1.54) is 30.4 Å². The lowest BCUT2D eigenvalue weighted by molar-refractivity contribution is 0.794. The quantitative estimate of drug-likeness (QED) is 0.681. The van der Waals surface area contributed by atoms with Crippen LogP contribution in [-0.4, -0.2) is 0 Å². The van der Waals surface area contributed by atoms with Gasteiger partial charge in [-0.25, -0.2) is 0 Å². The van der Waals surface area contributed by atoms with Crippen LogP contribution in [0.4, 0.5) is 5.69 Å². The molecule has 0 amide bonds. The average molecular weight is 163 g/mol. The van der Waals surface area contributed by atoms with E-state index in [1.807, 2.05) is 6.07 Å². The molecule has 0 saturated heterocycles. The first kappa shape index (κ1) is 9.11. The second-order valence-electron chi connectivity index (χ2n) is 3.29. The molecular formula is C11H17N. The second-order valence-corrected chi connectivity index (χ2v) is 3.29. The van der Waals surface area contributed by atoms with Gasteiger partial charge in [-0.2, -0.15) is 0 Å². The summed E-state index contributed by atoms with van der Waals surface area (Å²) in [5.41, 5.74) is 9.22. The molecule has 1 nitrogen and oxygen atoms in total. The summed E-state index contributed by atoms with van der Waals surface area (Å²) in [6, 6.07) is 6.31. The van der Waals surface area contributed by atoms with Gasteiger partial charge in [-0.1, -0.05) is 25.5 Å². The van der Waals surface area contributed by atoms with Crippen LogP contribution in [0.3, 0.4) is 0 Å². The third-order valence-corrected chi connectivity index (χ3v) is 2.15. The Bertz CT molecular complexity index is 253. The highest BCUT2D eigenvalue weighted by molar-refractivity contribution is 5.47. The topological polar surface area (TPSA) is 26.0 Å². The molecule has 0 spiro atoms. The molecule has 0 aliphatic heterocycles. The number of aryl methyl sites for hydroxylation is 2. The number of rotatable bonds is 3. The summed E-state index contributed by atoms with van der Waals surface area (Å²) < 4.78 is 0. The first-order valence-corrected chi connectivity index (χ1v) is 4.59. The van der Waals surface area contributed by atoms with E-state index in [0.29, 0.717) is 0 Å². The van der Waals surface area contributed by atoms with Crippen molar-refractivity contribution in [2.45, 2.75) is 33.1 Å². The van der Waals surface area contributed by atoms with Crippen molar-refractivity contribution in [3.63, 3.8) is 0 Å². The summed E-state index contributed by atoms with van der Waals surface area (Å²) in [5, 5.41) is 0. The number of anilines is 1. The highest BCUT2D eigenvalue weighted by atomic mass is 14.5. The van der Waals surface area contributed by atoms with E-state index in [4.69, 9.17) is 5.73 Å². The van der Waals surface area contributed by atoms with Crippen molar-refractivity contribution >= 4 is 5.69 Å². The number of nitrogens with two attached hydrogens (primary N) is 1. The van der Waals surface area contributed by atoms with E-state index in [9.17, 15) is 0 Å². The monoisotopic (exact) mass is 163 g/mol. The zero-order valence-electron chi connectivity index (χ0n) is 7.93. The van der Waals surface area contributed by atoms with Crippen LogP contribution in [0.5, 0.6) is 0 Å². The molecule has 0 aliphatic carbocycles. The van der Waals surface area contributed by atoms with Crippen LogP contribution in [0.1, 0.15) is 30.9 Å². The first-order chi connectivity index (χ1) is 5.74. The smallest absolute Gasteiger partial charge is 0.0343 e. The van der Waals surface area contributed by atoms with Crippen LogP contribution in [0.15, 0.2) is 18.2 Å². The maximum atomic E-state index is 5.72. The van der Waals surface area contributed by atoms with E-state index in [-0.39, 0.29) is 0 Å². The molecule has 1 aromatic carbocycles. The zero-order chi connectivity index (χ0) is 8.97. The van der Waals surface area contributed by atoms with Gasteiger partial charge in [0, 0.05) is 5.69 Å². The first-order valence-electron chi connectivity index (χ1n) is 4.59. The Balaban J connectivity index is 2.69. The van der Waals surface area contributed by atoms with Crippen molar-refractivity contribution < 1.29 is 0 Å². The molecule has 0 fully saturated rings. The van der Waals surface area contributed by atoms with Crippen LogP contribution in [0.2, 0.25) is 0 Å². The lowest BCUT2D eigenvalue weighted by Gasteiger charge is -2.03. The van der Waals surface area contributed by atoms with Crippen LogP contribution < -0.4 is 5.73 Å². The van der Waals surface area contributed by atoms with E-state index in [2.05, 4.69) is 26.0 Å². The van der Waals surface area contributed by atoms with Crippen LogP contribution in [0, 0.1) is 6.92 Å². The molecule has 1 rings (SSSR count). The van der Waals surface area contributed by atoms with E-state index >= 15 is 0 Å². The maximum absolute atomic E-state index is 5.72. The molecule has 0 heterocycles. The fourth-order valence-electron chi connectivity index (χ4n) is 1.27. The standard InChI is InChI=1S/C11H17N/c1-3-4-5-10-6-7-11(12)9(2)8-10/h6-8H,3-5,12H2,1-2H3. The van der Waals surface area contributed by atoms with Crippen LogP contribution >= 0.6 is 0 Å². The summed E-state index contributed by atoms with van der Waals surface area (Å²) >= 11 is 0. The molecule has 1 heteroatoms. The van der Waals surface area contributed by atoms with Gasteiger partial charge in [0.25, 0.3) is 0 Å². The Morgan fingerprint density at radius 3 is 2.67 bits per heavy atom. The Kier molecular flexibility index (Phi) is 3.15. The van der Waals surface area contributed by atoms with E-state index in [0.717, 1.165) is 5.69 Å². The van der Waals surface area contributed by atoms with Crippen molar-refractivity contribution in [2.75, 3.05) is 5.73 Å². The van der Waals surface area contributed by atoms with Gasteiger partial charge in [-0.15, -0.1) is 0 Å².